The zero-order valence-electron chi connectivity index (χ0n) is 7.76. The van der Waals surface area contributed by atoms with Crippen LogP contribution >= 0.6 is 23.4 Å². The van der Waals surface area contributed by atoms with Gasteiger partial charge in [-0.3, -0.25) is 0 Å². The number of rotatable bonds is 3. The van der Waals surface area contributed by atoms with Gasteiger partial charge in [-0.05, 0) is 38.6 Å². The standard InChI is InChI=1S/C9H18ClNS/c1-12-8-7-11-5-2-3-9(10)4-6-11/h9H,2-8H2,1H3. The van der Waals surface area contributed by atoms with Gasteiger partial charge in [0.15, 0.2) is 0 Å². The Bertz CT molecular complexity index is 119. The molecule has 1 aliphatic rings. The van der Waals surface area contributed by atoms with Gasteiger partial charge in [0.1, 0.15) is 0 Å². The van der Waals surface area contributed by atoms with Gasteiger partial charge in [0.2, 0.25) is 0 Å². The smallest absolute Gasteiger partial charge is 0.0348 e. The van der Waals surface area contributed by atoms with E-state index in [0.29, 0.717) is 5.38 Å². The van der Waals surface area contributed by atoms with Crippen LogP contribution in [0.3, 0.4) is 0 Å². The summed E-state index contributed by atoms with van der Waals surface area (Å²) in [5.74, 6) is 1.26. The topological polar surface area (TPSA) is 3.24 Å². The van der Waals surface area contributed by atoms with Gasteiger partial charge in [0.25, 0.3) is 0 Å². The molecule has 0 bridgehead atoms. The van der Waals surface area contributed by atoms with Crippen LogP contribution in [-0.4, -0.2) is 41.9 Å². The van der Waals surface area contributed by atoms with Crippen LogP contribution in [0.2, 0.25) is 0 Å². The molecule has 1 aliphatic heterocycles. The van der Waals surface area contributed by atoms with Crippen LogP contribution in [-0.2, 0) is 0 Å². The first-order valence-corrected chi connectivity index (χ1v) is 6.51. The maximum atomic E-state index is 6.09. The Morgan fingerprint density at radius 2 is 2.25 bits per heavy atom. The molecule has 72 valence electrons. The van der Waals surface area contributed by atoms with Crippen molar-refractivity contribution in [3.8, 4) is 0 Å². The van der Waals surface area contributed by atoms with E-state index < -0.39 is 0 Å². The van der Waals surface area contributed by atoms with Gasteiger partial charge >= 0.3 is 0 Å². The Balaban J connectivity index is 2.17. The normalized spacial score (nSPS) is 27.0. The minimum atomic E-state index is 0.435. The molecule has 0 aromatic rings. The van der Waals surface area contributed by atoms with E-state index >= 15 is 0 Å². The van der Waals surface area contributed by atoms with Gasteiger partial charge in [0, 0.05) is 17.7 Å². The van der Waals surface area contributed by atoms with Gasteiger partial charge in [-0.25, -0.2) is 0 Å². The Morgan fingerprint density at radius 1 is 1.42 bits per heavy atom. The first-order valence-electron chi connectivity index (χ1n) is 4.68. The second-order valence-electron chi connectivity index (χ2n) is 3.36. The van der Waals surface area contributed by atoms with Crippen LogP contribution in [0.5, 0.6) is 0 Å². The molecule has 3 heteroatoms. The highest BCUT2D eigenvalue weighted by atomic mass is 35.5. The summed E-state index contributed by atoms with van der Waals surface area (Å²) in [5.41, 5.74) is 0. The summed E-state index contributed by atoms with van der Waals surface area (Å²) in [6.45, 7) is 3.70. The van der Waals surface area contributed by atoms with Crippen LogP contribution in [0.25, 0.3) is 0 Å². The Morgan fingerprint density at radius 3 is 3.00 bits per heavy atom. The van der Waals surface area contributed by atoms with Crippen molar-refractivity contribution in [3.63, 3.8) is 0 Å². The fourth-order valence-corrected chi connectivity index (χ4v) is 2.25. The molecule has 1 unspecified atom stereocenters. The van der Waals surface area contributed by atoms with Crippen LogP contribution in [0.1, 0.15) is 19.3 Å². The van der Waals surface area contributed by atoms with E-state index in [1.54, 1.807) is 0 Å². The summed E-state index contributed by atoms with van der Waals surface area (Å²) in [6.07, 6.45) is 5.83. The first kappa shape index (κ1) is 10.7. The fourth-order valence-electron chi connectivity index (χ4n) is 1.56. The van der Waals surface area contributed by atoms with E-state index in [0.717, 1.165) is 0 Å². The van der Waals surface area contributed by atoms with E-state index in [1.807, 2.05) is 11.8 Å². The van der Waals surface area contributed by atoms with E-state index in [9.17, 15) is 0 Å². The number of thioether (sulfide) groups is 1. The Kier molecular flexibility index (Phi) is 5.44. The molecule has 1 rings (SSSR count). The Labute approximate surface area is 84.8 Å². The molecule has 1 atom stereocenters. The highest BCUT2D eigenvalue weighted by Crippen LogP contribution is 2.15. The van der Waals surface area contributed by atoms with E-state index in [1.165, 1.54) is 44.6 Å². The van der Waals surface area contributed by atoms with Crippen molar-refractivity contribution in [1.82, 2.24) is 4.90 Å². The molecule has 1 saturated heterocycles. The molecule has 0 radical (unpaired) electrons. The second kappa shape index (κ2) is 6.11. The van der Waals surface area contributed by atoms with Crippen molar-refractivity contribution in [2.45, 2.75) is 24.6 Å². The summed E-state index contributed by atoms with van der Waals surface area (Å²) in [7, 11) is 0. The molecule has 1 heterocycles. The second-order valence-corrected chi connectivity index (χ2v) is 4.97. The predicted octanol–water partition coefficient (Wildman–Crippen LogP) is 2.44. The van der Waals surface area contributed by atoms with E-state index in [2.05, 4.69) is 11.2 Å². The van der Waals surface area contributed by atoms with Gasteiger partial charge in [-0.15, -0.1) is 11.6 Å². The minimum Gasteiger partial charge on any atom is -0.302 e. The zero-order chi connectivity index (χ0) is 8.81. The maximum absolute atomic E-state index is 6.09. The van der Waals surface area contributed by atoms with Crippen LogP contribution in [0.15, 0.2) is 0 Å². The van der Waals surface area contributed by atoms with E-state index in [4.69, 9.17) is 11.6 Å². The first-order chi connectivity index (χ1) is 5.83. The summed E-state index contributed by atoms with van der Waals surface area (Å²) in [5, 5.41) is 0.435. The van der Waals surface area contributed by atoms with Crippen molar-refractivity contribution >= 4 is 23.4 Å². The third-order valence-electron chi connectivity index (χ3n) is 2.36. The highest BCUT2D eigenvalue weighted by Gasteiger charge is 2.13. The molecule has 0 aromatic heterocycles. The molecule has 0 saturated carbocycles. The molecule has 0 N–H and O–H groups in total. The van der Waals surface area contributed by atoms with Crippen molar-refractivity contribution < 1.29 is 0 Å². The molecular formula is C9H18ClNS. The molecule has 1 fully saturated rings. The zero-order valence-corrected chi connectivity index (χ0v) is 9.33. The van der Waals surface area contributed by atoms with Gasteiger partial charge in [-0.1, -0.05) is 0 Å². The monoisotopic (exact) mass is 207 g/mol. The quantitative estimate of drug-likeness (QED) is 0.655. The SMILES string of the molecule is CSCCN1CCCC(Cl)CC1. The molecule has 0 spiro atoms. The summed E-state index contributed by atoms with van der Waals surface area (Å²) in [4.78, 5) is 2.54. The average Bonchev–Trinajstić information content (AvgIpc) is 2.27. The lowest BCUT2D eigenvalue weighted by Gasteiger charge is -2.18. The summed E-state index contributed by atoms with van der Waals surface area (Å²) in [6, 6.07) is 0. The minimum absolute atomic E-state index is 0.435. The van der Waals surface area contributed by atoms with Crippen LogP contribution in [0.4, 0.5) is 0 Å². The van der Waals surface area contributed by atoms with Crippen molar-refractivity contribution in [2.24, 2.45) is 0 Å². The highest BCUT2D eigenvalue weighted by molar-refractivity contribution is 7.98. The lowest BCUT2D eigenvalue weighted by atomic mass is 10.2. The number of nitrogens with zero attached hydrogens (tertiary/aromatic N) is 1. The van der Waals surface area contributed by atoms with Gasteiger partial charge in [0.05, 0.1) is 0 Å². The predicted molar refractivity (Wildman–Crippen MR) is 58.3 cm³/mol. The van der Waals surface area contributed by atoms with Gasteiger partial charge < -0.3 is 4.90 Å². The third-order valence-corrected chi connectivity index (χ3v) is 3.39. The van der Waals surface area contributed by atoms with Crippen molar-refractivity contribution in [3.05, 3.63) is 0 Å². The van der Waals surface area contributed by atoms with Crippen LogP contribution < -0.4 is 0 Å². The molecule has 1 nitrogen and oxygen atoms in total. The molecule has 0 aliphatic carbocycles. The molecular weight excluding hydrogens is 190 g/mol. The average molecular weight is 208 g/mol. The molecule has 0 aromatic carbocycles. The lowest BCUT2D eigenvalue weighted by molar-refractivity contribution is 0.303. The van der Waals surface area contributed by atoms with Crippen molar-refractivity contribution in [1.29, 1.82) is 0 Å². The number of alkyl halides is 1. The van der Waals surface area contributed by atoms with Crippen molar-refractivity contribution in [2.75, 3.05) is 31.6 Å². The summed E-state index contributed by atoms with van der Waals surface area (Å²) >= 11 is 8.02. The number of hydrogen-bond acceptors (Lipinski definition) is 2. The van der Waals surface area contributed by atoms with Gasteiger partial charge in [-0.2, -0.15) is 11.8 Å². The number of hydrogen-bond donors (Lipinski definition) is 0. The molecule has 0 amide bonds. The van der Waals surface area contributed by atoms with Crippen LogP contribution in [0, 0.1) is 0 Å². The number of halogens is 1. The van der Waals surface area contributed by atoms with E-state index in [-0.39, 0.29) is 0 Å². The maximum Gasteiger partial charge on any atom is 0.0348 e. The number of likely N-dealkylation sites (tertiary alicyclic amines) is 1. The Hall–Kier alpha value is 0.600. The fraction of sp³-hybridized carbons (Fsp3) is 1.00. The summed E-state index contributed by atoms with van der Waals surface area (Å²) < 4.78 is 0. The lowest BCUT2D eigenvalue weighted by Crippen LogP contribution is -2.27. The third kappa shape index (κ3) is 4.01. The molecule has 12 heavy (non-hydrogen) atoms. The largest absolute Gasteiger partial charge is 0.302 e.